The Morgan fingerprint density at radius 1 is 0.385 bits per heavy atom. The zero-order valence-corrected chi connectivity index (χ0v) is 68.2. The molecule has 15 rings (SSSR count). The molecule has 585 valence electrons. The van der Waals surface area contributed by atoms with Gasteiger partial charge >= 0.3 is 61.9 Å². The van der Waals surface area contributed by atoms with E-state index < -0.39 is 15.4 Å². The van der Waals surface area contributed by atoms with Crippen LogP contribution in [0.25, 0.3) is 69.1 Å². The van der Waals surface area contributed by atoms with Crippen LogP contribution in [0.15, 0.2) is 283 Å². The van der Waals surface area contributed by atoms with E-state index in [1.54, 1.807) is 137 Å². The fraction of sp³-hybridized carbons (Fsp3) is 0.151. The van der Waals surface area contributed by atoms with Crippen molar-refractivity contribution in [3.8, 4) is 69.1 Å². The van der Waals surface area contributed by atoms with Crippen LogP contribution in [0, 0.1) is 0 Å². The van der Waals surface area contributed by atoms with Crippen LogP contribution in [-0.4, -0.2) is 148 Å². The number of nitrogens with one attached hydrogen (secondary N) is 1. The van der Waals surface area contributed by atoms with Crippen LogP contribution in [0.4, 0.5) is 0 Å². The van der Waals surface area contributed by atoms with Gasteiger partial charge in [-0.25, -0.2) is 39.9 Å². The first kappa shape index (κ1) is 105. The molecule has 0 saturated carbocycles. The normalized spacial score (nSPS) is 8.74. The van der Waals surface area contributed by atoms with Crippen molar-refractivity contribution < 1.29 is 82.8 Å². The maximum absolute atomic E-state index is 9.94. The molecule has 15 heterocycles. The number of aldehydes is 3. The minimum atomic E-state index is -0.639. The van der Waals surface area contributed by atoms with Crippen molar-refractivity contribution in [1.82, 2.24) is 118 Å². The van der Waals surface area contributed by atoms with Crippen molar-refractivity contribution in [2.45, 2.75) is 21.8 Å². The van der Waals surface area contributed by atoms with Crippen molar-refractivity contribution in [2.75, 3.05) is 6.61 Å². The molecule has 0 amide bonds. The van der Waals surface area contributed by atoms with Crippen molar-refractivity contribution in [3.05, 3.63) is 288 Å². The Hall–Kier alpha value is -10.7. The summed E-state index contributed by atoms with van der Waals surface area (Å²) in [5.74, 6) is 5.30. The molecule has 0 radical (unpaired) electrons. The maximum Gasteiger partial charge on any atom is 0.155 e. The van der Waals surface area contributed by atoms with Crippen LogP contribution in [0.3, 0.4) is 0 Å². The molecule has 0 spiro atoms. The number of aromatic amines is 1. The fourth-order valence-corrected chi connectivity index (χ4v) is 7.54. The molecule has 36 heteroatoms. The summed E-state index contributed by atoms with van der Waals surface area (Å²) in [4.78, 5) is 92.0. The minimum absolute atomic E-state index is 0. The van der Waals surface area contributed by atoms with Crippen molar-refractivity contribution in [3.63, 3.8) is 0 Å². The number of carbonyl (C=O) groups excluding carboxylic acids is 3. The van der Waals surface area contributed by atoms with Gasteiger partial charge in [-0.2, -0.15) is 0 Å². The topological polar surface area (TPSA) is 382 Å². The first-order chi connectivity index (χ1) is 50.3. The molecule has 0 aliphatic carbocycles. The van der Waals surface area contributed by atoms with Gasteiger partial charge in [-0.1, -0.05) is 57.3 Å². The molecule has 0 saturated heterocycles. The van der Waals surface area contributed by atoms with Gasteiger partial charge in [0.15, 0.2) is 53.8 Å². The van der Waals surface area contributed by atoms with Crippen LogP contribution < -0.4 is 31.0 Å². The summed E-state index contributed by atoms with van der Waals surface area (Å²) in [5, 5.41) is 7.57. The Labute approximate surface area is 678 Å². The van der Waals surface area contributed by atoms with Gasteiger partial charge in [-0.15, -0.1) is 0 Å². The van der Waals surface area contributed by atoms with Crippen LogP contribution in [-0.2, 0) is 91.9 Å². The van der Waals surface area contributed by atoms with Gasteiger partial charge in [-0.3, -0.25) is 49.3 Å². The zero-order valence-electron chi connectivity index (χ0n) is 59.3. The number of hydrogen-bond acceptors (Lipinski definition) is 20. The van der Waals surface area contributed by atoms with Crippen LogP contribution >= 0.6 is 28.9 Å². The summed E-state index contributed by atoms with van der Waals surface area (Å²) in [6.45, 7) is 1.93. The quantitative estimate of drug-likeness (QED) is 0.105. The summed E-state index contributed by atoms with van der Waals surface area (Å²) in [7, 11) is 28.1. The Bertz CT molecular complexity index is 3990. The summed E-state index contributed by atoms with van der Waals surface area (Å²) in [6.07, 6.45) is 45.9. The average Bonchev–Trinajstić information content (AvgIpc) is 1.80. The number of carbonyl (C=O) groups is 3. The second kappa shape index (κ2) is 66.8. The monoisotopic (exact) mass is 1940 g/mol. The molecule has 0 aromatic carbocycles. The van der Waals surface area contributed by atoms with E-state index in [1.165, 1.54) is 17.6 Å². The van der Waals surface area contributed by atoms with E-state index in [0.29, 0.717) is 5.69 Å². The third kappa shape index (κ3) is 43.1. The number of H-pyrrole nitrogens is 1. The van der Waals surface area contributed by atoms with E-state index in [0.717, 1.165) is 75.4 Å². The average molecular weight is 1940 g/mol. The number of imidazole rings is 8. The van der Waals surface area contributed by atoms with E-state index >= 15 is 0 Å². The molecule has 7 N–H and O–H groups in total. The van der Waals surface area contributed by atoms with Crippen LogP contribution in [0.5, 0.6) is 0 Å². The molecular weight excluding hydrogens is 1850 g/mol. The number of aliphatic hydroxyl groups is 1. The number of hydrogen-bond donors (Lipinski definition) is 3. The minimum Gasteiger partial charge on any atom is -0.343 e. The van der Waals surface area contributed by atoms with E-state index in [9.17, 15) is 4.79 Å². The second-order valence-electron chi connectivity index (χ2n) is 19.5. The molecule has 109 heavy (non-hydrogen) atoms. The molecule has 0 atom stereocenters. The van der Waals surface area contributed by atoms with Gasteiger partial charge in [0, 0.05) is 198 Å². The van der Waals surface area contributed by atoms with Gasteiger partial charge < -0.3 is 78.5 Å². The largest absolute Gasteiger partial charge is 0.343 e. The number of aliphatic hydroxyl groups excluding tert-OH is 1. The molecule has 0 bridgehead atoms. The first-order valence-electron chi connectivity index (χ1n) is 30.3. The molecule has 0 unspecified atom stereocenters. The number of halogens is 5. The third-order valence-electron chi connectivity index (χ3n) is 12.1. The first-order valence-corrected chi connectivity index (χ1v) is 39.8. The molecule has 15 aromatic heterocycles. The number of rotatable bonds is 8. The Balaban J connectivity index is -0.000000559. The maximum atomic E-state index is 9.94. The molecule has 0 aliphatic heterocycles. The van der Waals surface area contributed by atoms with E-state index in [1.807, 2.05) is 234 Å². The standard InChI is InChI=1S/5C9H9N3.C8H7N3.C6H5NO.2C4H6N2.C2H2O2.C2H6O.2CH4.5ClH.H3N.H2O.2Os/c5*1-12-7-6-11-9(12)8-4-2-3-5-10-8;1-2-4-9-7(3-1)8-10-5-6-11-8;8-5-6-3-1-2-4-7-6;2*1-6-3-2-5-4-6;3-1-2-4;1-2-3;;;;;;;;;;;/h5*2-7H,1H3;1-6H,(H,10,11);1-5H;2*2-4H,1H3;1-2H;3H,2H2,1H3;2*1H4;5*1H;1H3;1H2;;/q;;;;;;;;;;;;;;;;;;;;+1;+2/p-5. The number of aryl methyl sites for hydroxylation is 7. The summed E-state index contributed by atoms with van der Waals surface area (Å²) in [6, 6.07) is 39.9. The number of aromatic nitrogens is 23. The molecule has 0 aliphatic rings. The SMILES string of the molecule is C.C.CCO.Cn1ccnc1.Cn1ccnc1.Cn1ccnc1-c1ccccn1.Cn1ccnc1-c1ccccn1.Cn1ccnc1-c1ccccn1.Cn1ccnc1-c1ccccn1.Cn1ccnc1-c1ccccn1.N.O.O=CC=O.O=Cc1ccccn1.[Cl-].[Cl-].[Cl][Os].[Cl][Os][Cl].c1ccc(-c2ncc[nH]2)nc1. The van der Waals surface area contributed by atoms with Crippen LogP contribution in [0.1, 0.15) is 32.3 Å². The van der Waals surface area contributed by atoms with Crippen molar-refractivity contribution >= 4 is 47.8 Å². The fourth-order valence-electron chi connectivity index (χ4n) is 7.54. The Kier molecular flexibility index (Phi) is 64.1. The third-order valence-corrected chi connectivity index (χ3v) is 12.1. The Morgan fingerprint density at radius 2 is 0.633 bits per heavy atom. The number of pyridine rings is 7. The molecule has 29 nitrogen and oxygen atoms in total. The molecule has 0 fully saturated rings. The van der Waals surface area contributed by atoms with Gasteiger partial charge in [0.2, 0.25) is 0 Å². The smallest absolute Gasteiger partial charge is 0.155 e. The van der Waals surface area contributed by atoms with E-state index in [2.05, 4.69) is 89.4 Å². The predicted octanol–water partition coefficient (Wildman–Crippen LogP) is 6.68. The van der Waals surface area contributed by atoms with Crippen LogP contribution in [0.2, 0.25) is 0 Å². The molecular formula is C73H90Cl5N24O5Os2-2. The summed E-state index contributed by atoms with van der Waals surface area (Å²) in [5.41, 5.74) is 5.89. The summed E-state index contributed by atoms with van der Waals surface area (Å²) >= 11 is 0.694. The van der Waals surface area contributed by atoms with E-state index in [4.69, 9.17) is 34.0 Å². The van der Waals surface area contributed by atoms with Crippen molar-refractivity contribution in [1.29, 1.82) is 0 Å². The predicted molar refractivity (Wildman–Crippen MR) is 415 cm³/mol. The Morgan fingerprint density at radius 3 is 0.771 bits per heavy atom. The van der Waals surface area contributed by atoms with Gasteiger partial charge in [0.1, 0.15) is 39.9 Å². The second-order valence-corrected chi connectivity index (χ2v) is 23.2. The zero-order chi connectivity index (χ0) is 74.9. The van der Waals surface area contributed by atoms with E-state index in [-0.39, 0.29) is 70.5 Å². The number of nitrogens with zero attached hydrogens (tertiary/aromatic N) is 22. The van der Waals surface area contributed by atoms with Gasteiger partial charge in [0.25, 0.3) is 0 Å². The summed E-state index contributed by atoms with van der Waals surface area (Å²) < 4.78 is 13.5. The van der Waals surface area contributed by atoms with Gasteiger partial charge in [-0.05, 0) is 91.9 Å². The van der Waals surface area contributed by atoms with Gasteiger partial charge in [0.05, 0.1) is 12.7 Å². The van der Waals surface area contributed by atoms with Crippen molar-refractivity contribution in [2.24, 2.45) is 49.3 Å². The molecule has 15 aromatic rings.